The van der Waals surface area contributed by atoms with E-state index in [2.05, 4.69) is 58.1 Å². The van der Waals surface area contributed by atoms with Crippen molar-refractivity contribution in [2.24, 2.45) is 0 Å². The van der Waals surface area contributed by atoms with Crippen LogP contribution in [0, 0.1) is 0 Å². The molecule has 2 rings (SSSR count). The molecule has 2 aromatic rings. The molecule has 0 atom stereocenters. The SMILES string of the molecule is CCC(C)(C)c1ccc2oc(CNC)c(C(C)C)c2c1. The van der Waals surface area contributed by atoms with Gasteiger partial charge in [0.2, 0.25) is 0 Å². The van der Waals surface area contributed by atoms with E-state index in [-0.39, 0.29) is 5.41 Å². The minimum absolute atomic E-state index is 0.211. The Kier molecular flexibility index (Phi) is 4.24. The summed E-state index contributed by atoms with van der Waals surface area (Å²) < 4.78 is 6.04. The standard InChI is InChI=1S/C18H27NO/c1-7-18(4,5)13-8-9-15-14(10-13)17(12(2)3)16(20-15)11-19-6/h8-10,12,19H,7,11H2,1-6H3. The molecule has 0 aliphatic heterocycles. The molecule has 0 aliphatic carbocycles. The lowest BCUT2D eigenvalue weighted by atomic mass is 9.81. The summed E-state index contributed by atoms with van der Waals surface area (Å²) in [5.74, 6) is 1.54. The average molecular weight is 273 g/mol. The molecule has 0 saturated heterocycles. The summed E-state index contributed by atoms with van der Waals surface area (Å²) in [6, 6.07) is 6.67. The van der Waals surface area contributed by atoms with Crippen molar-refractivity contribution in [1.29, 1.82) is 0 Å². The maximum Gasteiger partial charge on any atom is 0.134 e. The van der Waals surface area contributed by atoms with Gasteiger partial charge in [-0.1, -0.05) is 40.7 Å². The molecule has 20 heavy (non-hydrogen) atoms. The van der Waals surface area contributed by atoms with Crippen LogP contribution in [0.2, 0.25) is 0 Å². The highest BCUT2D eigenvalue weighted by Gasteiger charge is 2.22. The van der Waals surface area contributed by atoms with E-state index in [1.165, 1.54) is 16.5 Å². The average Bonchev–Trinajstić information content (AvgIpc) is 2.76. The maximum absolute atomic E-state index is 6.04. The smallest absolute Gasteiger partial charge is 0.134 e. The second kappa shape index (κ2) is 5.61. The van der Waals surface area contributed by atoms with Crippen LogP contribution in [-0.4, -0.2) is 7.05 Å². The van der Waals surface area contributed by atoms with Crippen LogP contribution in [-0.2, 0) is 12.0 Å². The molecule has 1 heterocycles. The molecule has 2 nitrogen and oxygen atoms in total. The van der Waals surface area contributed by atoms with E-state index in [0.29, 0.717) is 5.92 Å². The van der Waals surface area contributed by atoms with Gasteiger partial charge in [0.05, 0.1) is 6.54 Å². The summed E-state index contributed by atoms with van der Waals surface area (Å²) in [6.07, 6.45) is 1.14. The van der Waals surface area contributed by atoms with Gasteiger partial charge in [0, 0.05) is 10.9 Å². The predicted octanol–water partition coefficient (Wildman–Crippen LogP) is 4.96. The van der Waals surface area contributed by atoms with E-state index in [4.69, 9.17) is 4.42 Å². The van der Waals surface area contributed by atoms with Gasteiger partial charge in [-0.15, -0.1) is 0 Å². The van der Waals surface area contributed by atoms with Crippen molar-refractivity contribution in [2.75, 3.05) is 7.05 Å². The van der Waals surface area contributed by atoms with Crippen LogP contribution in [0.5, 0.6) is 0 Å². The zero-order valence-electron chi connectivity index (χ0n) is 13.6. The molecule has 0 amide bonds. The van der Waals surface area contributed by atoms with Gasteiger partial charge in [-0.05, 0) is 42.5 Å². The Bertz CT molecular complexity index is 593. The fourth-order valence-corrected chi connectivity index (χ4v) is 2.72. The first-order valence-electron chi connectivity index (χ1n) is 7.61. The molecule has 0 aliphatic rings. The zero-order valence-corrected chi connectivity index (χ0v) is 13.6. The van der Waals surface area contributed by atoms with E-state index < -0.39 is 0 Å². The molecular weight excluding hydrogens is 246 g/mol. The number of hydrogen-bond donors (Lipinski definition) is 1. The number of benzene rings is 1. The molecule has 2 heteroatoms. The summed E-state index contributed by atoms with van der Waals surface area (Å²) in [5, 5.41) is 4.48. The number of furan rings is 1. The van der Waals surface area contributed by atoms with Crippen molar-refractivity contribution in [2.45, 2.75) is 58.9 Å². The van der Waals surface area contributed by atoms with E-state index in [0.717, 1.165) is 24.3 Å². The molecule has 0 saturated carbocycles. The normalized spacial score (nSPS) is 12.6. The van der Waals surface area contributed by atoms with Gasteiger partial charge in [0.15, 0.2) is 0 Å². The van der Waals surface area contributed by atoms with Crippen molar-refractivity contribution in [3.8, 4) is 0 Å². The summed E-state index contributed by atoms with van der Waals surface area (Å²) in [7, 11) is 1.96. The quantitative estimate of drug-likeness (QED) is 0.832. The van der Waals surface area contributed by atoms with Gasteiger partial charge in [-0.2, -0.15) is 0 Å². The van der Waals surface area contributed by atoms with Crippen molar-refractivity contribution in [3.63, 3.8) is 0 Å². The fraction of sp³-hybridized carbons (Fsp3) is 0.556. The van der Waals surface area contributed by atoms with Crippen LogP contribution in [0.1, 0.15) is 63.8 Å². The Labute approximate surface area is 122 Å². The third kappa shape index (κ3) is 2.62. The second-order valence-corrected chi connectivity index (χ2v) is 6.57. The Morgan fingerprint density at radius 2 is 1.95 bits per heavy atom. The first-order chi connectivity index (χ1) is 9.40. The molecule has 0 bridgehead atoms. The molecule has 110 valence electrons. The van der Waals surface area contributed by atoms with E-state index >= 15 is 0 Å². The van der Waals surface area contributed by atoms with E-state index in [1.54, 1.807) is 0 Å². The summed E-state index contributed by atoms with van der Waals surface area (Å²) in [4.78, 5) is 0. The molecule has 0 fully saturated rings. The lowest BCUT2D eigenvalue weighted by Crippen LogP contribution is -2.15. The summed E-state index contributed by atoms with van der Waals surface area (Å²) >= 11 is 0. The van der Waals surface area contributed by atoms with Crippen LogP contribution < -0.4 is 5.32 Å². The highest BCUT2D eigenvalue weighted by Crippen LogP contribution is 2.36. The van der Waals surface area contributed by atoms with Gasteiger partial charge in [0.25, 0.3) is 0 Å². The van der Waals surface area contributed by atoms with E-state index in [1.807, 2.05) is 7.05 Å². The van der Waals surface area contributed by atoms with Crippen molar-refractivity contribution in [1.82, 2.24) is 5.32 Å². The third-order valence-electron chi connectivity index (χ3n) is 4.38. The van der Waals surface area contributed by atoms with Crippen molar-refractivity contribution < 1.29 is 4.42 Å². The Hall–Kier alpha value is -1.28. The van der Waals surface area contributed by atoms with Gasteiger partial charge < -0.3 is 9.73 Å². The Morgan fingerprint density at radius 1 is 1.25 bits per heavy atom. The van der Waals surface area contributed by atoms with Crippen molar-refractivity contribution >= 4 is 11.0 Å². The largest absolute Gasteiger partial charge is 0.459 e. The lowest BCUT2D eigenvalue weighted by Gasteiger charge is -2.23. The predicted molar refractivity (Wildman–Crippen MR) is 86.4 cm³/mol. The number of rotatable bonds is 5. The van der Waals surface area contributed by atoms with Gasteiger partial charge in [0.1, 0.15) is 11.3 Å². The van der Waals surface area contributed by atoms with Gasteiger partial charge in [-0.3, -0.25) is 0 Å². The van der Waals surface area contributed by atoms with Crippen LogP contribution in [0.15, 0.2) is 22.6 Å². The van der Waals surface area contributed by atoms with Gasteiger partial charge in [-0.25, -0.2) is 0 Å². The Balaban J connectivity index is 2.63. The third-order valence-corrected chi connectivity index (χ3v) is 4.38. The highest BCUT2D eigenvalue weighted by atomic mass is 16.3. The van der Waals surface area contributed by atoms with Crippen LogP contribution in [0.3, 0.4) is 0 Å². The maximum atomic E-state index is 6.04. The summed E-state index contributed by atoms with van der Waals surface area (Å²) in [5.41, 5.74) is 3.96. The summed E-state index contributed by atoms with van der Waals surface area (Å²) in [6.45, 7) is 12.1. The number of fused-ring (bicyclic) bond motifs is 1. The molecule has 1 aromatic carbocycles. The molecule has 1 aromatic heterocycles. The van der Waals surface area contributed by atoms with Crippen LogP contribution in [0.25, 0.3) is 11.0 Å². The van der Waals surface area contributed by atoms with Crippen LogP contribution in [0.4, 0.5) is 0 Å². The fourth-order valence-electron chi connectivity index (χ4n) is 2.72. The zero-order chi connectivity index (χ0) is 14.9. The Morgan fingerprint density at radius 3 is 2.50 bits per heavy atom. The van der Waals surface area contributed by atoms with Crippen LogP contribution >= 0.6 is 0 Å². The first-order valence-corrected chi connectivity index (χ1v) is 7.61. The first kappa shape index (κ1) is 15.1. The topological polar surface area (TPSA) is 25.2 Å². The number of nitrogens with one attached hydrogen (secondary N) is 1. The minimum Gasteiger partial charge on any atom is -0.459 e. The minimum atomic E-state index is 0.211. The second-order valence-electron chi connectivity index (χ2n) is 6.57. The molecule has 1 N–H and O–H groups in total. The molecule has 0 radical (unpaired) electrons. The van der Waals surface area contributed by atoms with E-state index in [9.17, 15) is 0 Å². The highest BCUT2D eigenvalue weighted by molar-refractivity contribution is 5.84. The lowest BCUT2D eigenvalue weighted by molar-refractivity contribution is 0.506. The molecular formula is C18H27NO. The van der Waals surface area contributed by atoms with Gasteiger partial charge >= 0.3 is 0 Å². The van der Waals surface area contributed by atoms with Crippen molar-refractivity contribution in [3.05, 3.63) is 35.1 Å². The molecule has 0 spiro atoms. The number of hydrogen-bond acceptors (Lipinski definition) is 2. The molecule has 0 unspecified atom stereocenters. The monoisotopic (exact) mass is 273 g/mol.